The smallest absolute Gasteiger partial charge is 0.271 e. The highest BCUT2D eigenvalue weighted by molar-refractivity contribution is 5.92. The van der Waals surface area contributed by atoms with E-state index >= 15 is 0 Å². The lowest BCUT2D eigenvalue weighted by Gasteiger charge is -2.26. The van der Waals surface area contributed by atoms with Gasteiger partial charge in [0.1, 0.15) is 5.69 Å². The molecule has 0 atom stereocenters. The molecule has 2 heterocycles. The molecule has 0 aliphatic carbocycles. The summed E-state index contributed by atoms with van der Waals surface area (Å²) in [6.07, 6.45) is 0. The Labute approximate surface area is 114 Å². The summed E-state index contributed by atoms with van der Waals surface area (Å²) in [4.78, 5) is 11.9. The van der Waals surface area contributed by atoms with Crippen LogP contribution in [0.15, 0.2) is 6.07 Å². The zero-order valence-corrected chi connectivity index (χ0v) is 11.9. The van der Waals surface area contributed by atoms with Gasteiger partial charge in [-0.1, -0.05) is 13.8 Å². The van der Waals surface area contributed by atoms with Crippen LogP contribution >= 0.6 is 12.4 Å². The number of aromatic nitrogens is 2. The van der Waals surface area contributed by atoms with E-state index in [2.05, 4.69) is 29.6 Å². The van der Waals surface area contributed by atoms with Gasteiger partial charge in [-0.25, -0.2) is 0 Å². The molecule has 0 unspecified atom stereocenters. The van der Waals surface area contributed by atoms with Crippen molar-refractivity contribution < 1.29 is 4.79 Å². The highest BCUT2D eigenvalue weighted by Gasteiger charge is 2.19. The number of nitrogens with zero attached hydrogens (tertiary/aromatic N) is 2. The number of nitrogens with one attached hydrogen (secondary N) is 2. The highest BCUT2D eigenvalue weighted by Crippen LogP contribution is 2.14. The summed E-state index contributed by atoms with van der Waals surface area (Å²) in [5.41, 5.74) is 1.60. The summed E-state index contributed by atoms with van der Waals surface area (Å²) in [6, 6.07) is 1.87. The minimum Gasteiger partial charge on any atom is -0.350 e. The van der Waals surface area contributed by atoms with Crippen LogP contribution in [0.1, 0.15) is 35.9 Å². The molecule has 1 aliphatic heterocycles. The Kier molecular flexibility index (Phi) is 5.16. The van der Waals surface area contributed by atoms with Gasteiger partial charge in [0.25, 0.3) is 5.91 Å². The number of aryl methyl sites for hydroxylation is 1. The van der Waals surface area contributed by atoms with E-state index in [0.29, 0.717) is 17.5 Å². The van der Waals surface area contributed by atoms with Crippen molar-refractivity contribution in [3.05, 3.63) is 17.5 Å². The molecule has 0 bridgehead atoms. The first-order chi connectivity index (χ1) is 8.08. The number of carbonyl (C=O) groups is 1. The summed E-state index contributed by atoms with van der Waals surface area (Å²) in [5, 5.41) is 10.4. The van der Waals surface area contributed by atoms with Gasteiger partial charge in [-0.15, -0.1) is 12.4 Å². The number of hydrogen-bond acceptors (Lipinski definition) is 3. The third-order valence-electron chi connectivity index (χ3n) is 3.16. The Balaban J connectivity index is 0.00000162. The van der Waals surface area contributed by atoms with Crippen molar-refractivity contribution in [2.75, 3.05) is 19.6 Å². The van der Waals surface area contributed by atoms with Gasteiger partial charge in [0.15, 0.2) is 0 Å². The monoisotopic (exact) mass is 272 g/mol. The van der Waals surface area contributed by atoms with Gasteiger partial charge in [0, 0.05) is 38.3 Å². The van der Waals surface area contributed by atoms with Crippen LogP contribution in [0.2, 0.25) is 0 Å². The topological polar surface area (TPSA) is 59.0 Å². The molecular weight excluding hydrogens is 252 g/mol. The molecule has 0 saturated carbocycles. The first-order valence-electron chi connectivity index (χ1n) is 6.10. The van der Waals surface area contributed by atoms with Crippen molar-refractivity contribution in [3.8, 4) is 0 Å². The highest BCUT2D eigenvalue weighted by atomic mass is 35.5. The fourth-order valence-electron chi connectivity index (χ4n) is 1.95. The van der Waals surface area contributed by atoms with Crippen LogP contribution in [0.5, 0.6) is 0 Å². The second kappa shape index (κ2) is 6.20. The summed E-state index contributed by atoms with van der Waals surface area (Å²) < 4.78 is 1.78. The lowest BCUT2D eigenvalue weighted by atomic mass is 10.0. The molecule has 1 amide bonds. The minimum absolute atomic E-state index is 0. The van der Waals surface area contributed by atoms with Gasteiger partial charge < -0.3 is 10.6 Å². The molecule has 1 aromatic heterocycles. The molecule has 0 radical (unpaired) electrons. The van der Waals surface area contributed by atoms with E-state index in [-0.39, 0.29) is 18.3 Å². The molecular formula is C12H21ClN4O. The van der Waals surface area contributed by atoms with Gasteiger partial charge in [0.2, 0.25) is 0 Å². The van der Waals surface area contributed by atoms with Crippen molar-refractivity contribution in [2.24, 2.45) is 13.0 Å². The Morgan fingerprint density at radius 3 is 2.72 bits per heavy atom. The van der Waals surface area contributed by atoms with Crippen molar-refractivity contribution in [3.63, 3.8) is 0 Å². The van der Waals surface area contributed by atoms with Gasteiger partial charge in [-0.2, -0.15) is 5.10 Å². The Morgan fingerprint density at radius 2 is 2.28 bits per heavy atom. The molecule has 18 heavy (non-hydrogen) atoms. The lowest BCUT2D eigenvalue weighted by molar-refractivity contribution is 0.0936. The summed E-state index contributed by atoms with van der Waals surface area (Å²) in [7, 11) is 1.88. The predicted octanol–water partition coefficient (Wildman–Crippen LogP) is 0.914. The molecule has 5 nitrogen and oxygen atoms in total. The standard InChI is InChI=1S/C12H20N4O.ClH/c1-8(2)11-4-10(15-16(11)3)12(17)14-7-9-5-13-6-9;/h4,8-9,13H,5-7H2,1-3H3,(H,14,17);1H. The maximum absolute atomic E-state index is 11.9. The second-order valence-corrected chi connectivity index (χ2v) is 4.97. The van der Waals surface area contributed by atoms with Crippen molar-refractivity contribution in [2.45, 2.75) is 19.8 Å². The van der Waals surface area contributed by atoms with Crippen LogP contribution in [0.3, 0.4) is 0 Å². The molecule has 2 rings (SSSR count). The van der Waals surface area contributed by atoms with E-state index in [1.54, 1.807) is 4.68 Å². The van der Waals surface area contributed by atoms with Crippen LogP contribution in [-0.2, 0) is 7.05 Å². The Bertz CT molecular complexity index is 412. The Morgan fingerprint density at radius 1 is 1.61 bits per heavy atom. The normalized spacial score (nSPS) is 15.1. The molecule has 0 aromatic carbocycles. The van der Waals surface area contributed by atoms with Gasteiger partial charge in [0.05, 0.1) is 0 Å². The zero-order valence-electron chi connectivity index (χ0n) is 11.1. The van der Waals surface area contributed by atoms with Crippen molar-refractivity contribution in [1.82, 2.24) is 20.4 Å². The van der Waals surface area contributed by atoms with Crippen LogP contribution < -0.4 is 10.6 Å². The van der Waals surface area contributed by atoms with E-state index < -0.39 is 0 Å². The SMILES string of the molecule is CC(C)c1cc(C(=O)NCC2CNC2)nn1C.Cl. The molecule has 2 N–H and O–H groups in total. The summed E-state index contributed by atoms with van der Waals surface area (Å²) in [6.45, 7) is 6.93. The zero-order chi connectivity index (χ0) is 12.4. The Hall–Kier alpha value is -1.07. The van der Waals surface area contributed by atoms with E-state index in [4.69, 9.17) is 0 Å². The van der Waals surface area contributed by atoms with Crippen molar-refractivity contribution in [1.29, 1.82) is 0 Å². The quantitative estimate of drug-likeness (QED) is 0.857. The number of amides is 1. The van der Waals surface area contributed by atoms with E-state index in [9.17, 15) is 4.79 Å². The van der Waals surface area contributed by atoms with Crippen LogP contribution in [-0.4, -0.2) is 35.3 Å². The van der Waals surface area contributed by atoms with E-state index in [0.717, 1.165) is 25.3 Å². The molecule has 1 fully saturated rings. The second-order valence-electron chi connectivity index (χ2n) is 4.97. The summed E-state index contributed by atoms with van der Waals surface area (Å²) in [5.74, 6) is 0.886. The fraction of sp³-hybridized carbons (Fsp3) is 0.667. The third kappa shape index (κ3) is 3.23. The average molecular weight is 273 g/mol. The number of hydrogen-bond donors (Lipinski definition) is 2. The first-order valence-corrected chi connectivity index (χ1v) is 6.10. The lowest BCUT2D eigenvalue weighted by Crippen LogP contribution is -2.48. The maximum Gasteiger partial charge on any atom is 0.271 e. The number of rotatable bonds is 4. The molecule has 1 aromatic rings. The fourth-order valence-corrected chi connectivity index (χ4v) is 1.95. The number of carbonyl (C=O) groups excluding carboxylic acids is 1. The van der Waals surface area contributed by atoms with Gasteiger partial charge in [-0.3, -0.25) is 9.48 Å². The van der Waals surface area contributed by atoms with Crippen LogP contribution in [0.4, 0.5) is 0 Å². The average Bonchev–Trinajstić information content (AvgIpc) is 2.58. The number of halogens is 1. The van der Waals surface area contributed by atoms with E-state index in [1.807, 2.05) is 13.1 Å². The van der Waals surface area contributed by atoms with Gasteiger partial charge >= 0.3 is 0 Å². The van der Waals surface area contributed by atoms with Crippen LogP contribution in [0, 0.1) is 5.92 Å². The largest absolute Gasteiger partial charge is 0.350 e. The van der Waals surface area contributed by atoms with Crippen molar-refractivity contribution >= 4 is 18.3 Å². The molecule has 1 aliphatic rings. The third-order valence-corrected chi connectivity index (χ3v) is 3.16. The molecule has 0 spiro atoms. The predicted molar refractivity (Wildman–Crippen MR) is 73.2 cm³/mol. The van der Waals surface area contributed by atoms with E-state index in [1.165, 1.54) is 0 Å². The van der Waals surface area contributed by atoms with Crippen LogP contribution in [0.25, 0.3) is 0 Å². The molecule has 102 valence electrons. The first kappa shape index (κ1) is 15.0. The molecule has 6 heteroatoms. The maximum atomic E-state index is 11.9. The summed E-state index contributed by atoms with van der Waals surface area (Å²) >= 11 is 0. The van der Waals surface area contributed by atoms with Gasteiger partial charge in [-0.05, 0) is 12.0 Å². The molecule has 1 saturated heterocycles. The minimum atomic E-state index is -0.0700.